The van der Waals surface area contributed by atoms with Crippen molar-refractivity contribution in [2.75, 3.05) is 37.6 Å². The fourth-order valence-corrected chi connectivity index (χ4v) is 7.68. The lowest BCUT2D eigenvalue weighted by molar-refractivity contribution is -0.155. The maximum Gasteiger partial charge on any atom is 0.401 e. The van der Waals surface area contributed by atoms with E-state index in [2.05, 4.69) is 5.32 Å². The Hall–Kier alpha value is -3.17. The molecule has 0 amide bonds. The lowest BCUT2D eigenvalue weighted by atomic mass is 9.71. The minimum Gasteiger partial charge on any atom is -0.489 e. The first-order valence-electron chi connectivity index (χ1n) is 16.2. The second-order valence-electron chi connectivity index (χ2n) is 13.1. The Bertz CT molecular complexity index is 1420. The summed E-state index contributed by atoms with van der Waals surface area (Å²) in [7, 11) is 0. The van der Waals surface area contributed by atoms with Gasteiger partial charge in [-0.15, -0.1) is 0 Å². The number of halogens is 5. The van der Waals surface area contributed by atoms with Crippen LogP contribution in [0.3, 0.4) is 0 Å². The van der Waals surface area contributed by atoms with Crippen molar-refractivity contribution in [3.05, 3.63) is 94.6 Å². The molecule has 3 heterocycles. The number of hydrogen-bond acceptors (Lipinski definition) is 4. The molecule has 3 aliphatic heterocycles. The summed E-state index contributed by atoms with van der Waals surface area (Å²) in [5.41, 5.74) is 2.57. The summed E-state index contributed by atoms with van der Waals surface area (Å²) in [4.78, 5) is 3.21. The van der Waals surface area contributed by atoms with Gasteiger partial charge in [0.15, 0.2) is 0 Å². The van der Waals surface area contributed by atoms with Gasteiger partial charge < -0.3 is 15.0 Å². The smallest absolute Gasteiger partial charge is 0.401 e. The Morgan fingerprint density at radius 2 is 1.56 bits per heavy atom. The number of nitrogens with one attached hydrogen (secondary N) is 1. The second kappa shape index (κ2) is 13.3. The third kappa shape index (κ3) is 7.30. The van der Waals surface area contributed by atoms with Crippen molar-refractivity contribution in [3.8, 4) is 5.75 Å². The molecule has 2 fully saturated rings. The van der Waals surface area contributed by atoms with Gasteiger partial charge in [0.1, 0.15) is 24.0 Å². The van der Waals surface area contributed by atoms with Gasteiger partial charge in [0.25, 0.3) is 0 Å². The zero-order chi connectivity index (χ0) is 31.6. The van der Waals surface area contributed by atoms with Gasteiger partial charge in [0, 0.05) is 30.4 Å². The third-order valence-corrected chi connectivity index (χ3v) is 10.1. The predicted octanol–water partition coefficient (Wildman–Crippen LogP) is 8.19. The van der Waals surface area contributed by atoms with Crippen molar-refractivity contribution < 1.29 is 26.7 Å². The third-order valence-electron chi connectivity index (χ3n) is 10.1. The van der Waals surface area contributed by atoms with E-state index in [1.54, 1.807) is 25.1 Å². The van der Waals surface area contributed by atoms with Crippen molar-refractivity contribution in [3.63, 3.8) is 0 Å². The number of ether oxygens (including phenoxy) is 1. The molecule has 2 saturated heterocycles. The molecule has 1 N–H and O–H groups in total. The van der Waals surface area contributed by atoms with Gasteiger partial charge in [-0.25, -0.2) is 8.78 Å². The topological polar surface area (TPSA) is 27.7 Å². The van der Waals surface area contributed by atoms with Crippen LogP contribution in [0.1, 0.15) is 73.7 Å². The molecular formula is C36H42F5N3O. The predicted molar refractivity (Wildman–Crippen MR) is 167 cm³/mol. The second-order valence-corrected chi connectivity index (χ2v) is 13.1. The van der Waals surface area contributed by atoms with E-state index in [9.17, 15) is 13.2 Å². The van der Waals surface area contributed by atoms with Crippen LogP contribution in [0.15, 0.2) is 60.7 Å². The van der Waals surface area contributed by atoms with Crippen molar-refractivity contribution in [2.24, 2.45) is 5.41 Å². The number of benzene rings is 3. The summed E-state index contributed by atoms with van der Waals surface area (Å²) in [6, 6.07) is 15.6. The van der Waals surface area contributed by atoms with Gasteiger partial charge in [0.05, 0.1) is 12.6 Å². The average molecular weight is 628 g/mol. The highest BCUT2D eigenvalue weighted by Crippen LogP contribution is 2.45. The maximum absolute atomic E-state index is 16.1. The number of piperidine rings is 1. The molecular weight excluding hydrogens is 585 g/mol. The van der Waals surface area contributed by atoms with Crippen LogP contribution in [0, 0.1) is 17.0 Å². The zero-order valence-corrected chi connectivity index (χ0v) is 25.8. The Morgan fingerprint density at radius 3 is 2.20 bits per heavy atom. The molecule has 0 radical (unpaired) electrons. The lowest BCUT2D eigenvalue weighted by Crippen LogP contribution is -2.47. The first-order valence-corrected chi connectivity index (χ1v) is 16.2. The fourth-order valence-electron chi connectivity index (χ4n) is 7.68. The largest absolute Gasteiger partial charge is 0.489 e. The Kier molecular flexibility index (Phi) is 9.39. The molecule has 9 heteroatoms. The van der Waals surface area contributed by atoms with Crippen molar-refractivity contribution in [1.29, 1.82) is 0 Å². The number of fused-ring (bicyclic) bond motifs is 1. The van der Waals surface area contributed by atoms with Crippen LogP contribution in [0.2, 0.25) is 0 Å². The van der Waals surface area contributed by atoms with E-state index in [0.717, 1.165) is 62.7 Å². The molecule has 242 valence electrons. The fraction of sp³-hybridized carbons (Fsp3) is 0.500. The molecule has 0 bridgehead atoms. The highest BCUT2D eigenvalue weighted by atomic mass is 19.4. The number of anilines is 1. The Balaban J connectivity index is 1.28. The summed E-state index contributed by atoms with van der Waals surface area (Å²) in [6.07, 6.45) is 2.29. The summed E-state index contributed by atoms with van der Waals surface area (Å²) < 4.78 is 79.7. The van der Waals surface area contributed by atoms with Crippen molar-refractivity contribution in [2.45, 2.75) is 76.7 Å². The van der Waals surface area contributed by atoms with Gasteiger partial charge in [-0.1, -0.05) is 36.4 Å². The van der Waals surface area contributed by atoms with E-state index in [1.807, 2.05) is 35.2 Å². The number of rotatable bonds is 6. The first kappa shape index (κ1) is 31.8. The molecule has 0 saturated carbocycles. The number of hydrogen-bond donors (Lipinski definition) is 1. The molecule has 3 aliphatic rings. The van der Waals surface area contributed by atoms with E-state index in [-0.39, 0.29) is 11.0 Å². The zero-order valence-electron chi connectivity index (χ0n) is 25.8. The van der Waals surface area contributed by atoms with Crippen LogP contribution in [0.4, 0.5) is 27.6 Å². The van der Waals surface area contributed by atoms with E-state index in [4.69, 9.17) is 4.74 Å². The summed E-state index contributed by atoms with van der Waals surface area (Å²) in [5.74, 6) is -1.07. The Morgan fingerprint density at radius 1 is 0.889 bits per heavy atom. The molecule has 4 nitrogen and oxygen atoms in total. The highest BCUT2D eigenvalue weighted by Gasteiger charge is 2.43. The molecule has 3 aromatic rings. The molecule has 6 rings (SSSR count). The van der Waals surface area contributed by atoms with Gasteiger partial charge in [-0.2, -0.15) is 13.2 Å². The van der Waals surface area contributed by atoms with Crippen molar-refractivity contribution in [1.82, 2.24) is 10.2 Å². The van der Waals surface area contributed by atoms with Crippen LogP contribution in [0.25, 0.3) is 0 Å². The van der Waals surface area contributed by atoms with E-state index in [0.29, 0.717) is 43.1 Å². The van der Waals surface area contributed by atoms with Gasteiger partial charge >= 0.3 is 6.18 Å². The lowest BCUT2D eigenvalue weighted by Gasteiger charge is -2.44. The van der Waals surface area contributed by atoms with Crippen LogP contribution in [0.5, 0.6) is 5.75 Å². The van der Waals surface area contributed by atoms with Gasteiger partial charge in [-0.05, 0) is 111 Å². The monoisotopic (exact) mass is 627 g/mol. The summed E-state index contributed by atoms with van der Waals surface area (Å²) >= 11 is 0. The highest BCUT2D eigenvalue weighted by molar-refractivity contribution is 5.53. The quantitative estimate of drug-likeness (QED) is 0.279. The SMILES string of the molecule is C[C@@H]1Cc2cc(OCc3ccccc3)ccc2C(c2c(F)cc(N3CCC4(CCCNCCC4)CC3)cc2F)N1CC(F)(F)F. The van der Waals surface area contributed by atoms with E-state index in [1.165, 1.54) is 17.0 Å². The van der Waals surface area contributed by atoms with Crippen LogP contribution >= 0.6 is 0 Å². The number of nitrogens with zero attached hydrogens (tertiary/aromatic N) is 2. The van der Waals surface area contributed by atoms with Crippen LogP contribution in [-0.2, 0) is 13.0 Å². The molecule has 0 aliphatic carbocycles. The van der Waals surface area contributed by atoms with Gasteiger partial charge in [-0.3, -0.25) is 4.90 Å². The molecule has 1 spiro atoms. The van der Waals surface area contributed by atoms with Crippen molar-refractivity contribution >= 4 is 5.69 Å². The summed E-state index contributed by atoms with van der Waals surface area (Å²) in [6.45, 7) is 4.22. The van der Waals surface area contributed by atoms with Crippen LogP contribution in [-0.4, -0.2) is 49.8 Å². The standard InChI is InChI=1S/C36H42F5N3O/c1-25-19-27-20-29(45-23-26-7-3-2-4-8-26)9-10-30(27)34(44(25)24-36(39,40)41)33-31(37)21-28(22-32(33)38)43-17-13-35(14-18-43)11-5-15-42-16-6-12-35/h2-4,7-10,20-22,25,34,42H,5-6,11-19,23-24H2,1H3/t25-,34?/m1/s1. The Labute approximate surface area is 262 Å². The normalized spacial score (nSPS) is 22.5. The minimum absolute atomic E-state index is 0.277. The minimum atomic E-state index is -4.54. The number of alkyl halides is 3. The first-order chi connectivity index (χ1) is 21.6. The van der Waals surface area contributed by atoms with E-state index >= 15 is 8.78 Å². The molecule has 2 atom stereocenters. The molecule has 45 heavy (non-hydrogen) atoms. The maximum atomic E-state index is 16.1. The molecule has 1 unspecified atom stereocenters. The van der Waals surface area contributed by atoms with Gasteiger partial charge in [0.2, 0.25) is 0 Å². The van der Waals surface area contributed by atoms with Crippen LogP contribution < -0.4 is 15.0 Å². The average Bonchev–Trinajstić information content (AvgIpc) is 2.99. The summed E-state index contributed by atoms with van der Waals surface area (Å²) in [5, 5.41) is 3.46. The van der Waals surface area contributed by atoms with E-state index < -0.39 is 36.4 Å². The molecule has 3 aromatic carbocycles. The molecule has 0 aromatic heterocycles.